The first kappa shape index (κ1) is 17.6. The summed E-state index contributed by atoms with van der Waals surface area (Å²) in [6.45, 7) is 3.16. The van der Waals surface area contributed by atoms with E-state index in [0.717, 1.165) is 37.6 Å². The Hall–Kier alpha value is -2.83. The molecule has 0 aliphatic carbocycles. The van der Waals surface area contributed by atoms with Crippen LogP contribution in [0.25, 0.3) is 6.08 Å². The van der Waals surface area contributed by atoms with E-state index in [-0.39, 0.29) is 5.57 Å². The molecule has 27 heavy (non-hydrogen) atoms. The van der Waals surface area contributed by atoms with Gasteiger partial charge in [0.05, 0.1) is 18.9 Å². The fraction of sp³-hybridized carbons (Fsp3) is 0.200. The topological polar surface area (TPSA) is 61.9 Å². The van der Waals surface area contributed by atoms with Crippen LogP contribution < -0.4 is 15.3 Å². The smallest absolute Gasteiger partial charge is 0.282 e. The van der Waals surface area contributed by atoms with Crippen molar-refractivity contribution in [1.82, 2.24) is 5.43 Å². The van der Waals surface area contributed by atoms with Crippen LogP contribution in [0.15, 0.2) is 54.1 Å². The van der Waals surface area contributed by atoms with Crippen molar-refractivity contribution in [3.63, 3.8) is 0 Å². The highest BCUT2D eigenvalue weighted by Crippen LogP contribution is 2.24. The van der Waals surface area contributed by atoms with Crippen LogP contribution in [0, 0.1) is 0 Å². The van der Waals surface area contributed by atoms with Crippen molar-refractivity contribution < 1.29 is 14.3 Å². The van der Waals surface area contributed by atoms with Crippen molar-refractivity contribution in [2.45, 2.75) is 0 Å². The number of carbonyl (C=O) groups is 2. The van der Waals surface area contributed by atoms with Gasteiger partial charge in [-0.2, -0.15) is 0 Å². The van der Waals surface area contributed by atoms with E-state index >= 15 is 0 Å². The molecule has 2 fully saturated rings. The monoisotopic (exact) mass is 383 g/mol. The summed E-state index contributed by atoms with van der Waals surface area (Å²) in [4.78, 5) is 27.2. The zero-order chi connectivity index (χ0) is 18.8. The molecule has 0 radical (unpaired) electrons. The Morgan fingerprint density at radius 1 is 1.00 bits per heavy atom. The number of morpholine rings is 1. The van der Waals surface area contributed by atoms with Crippen molar-refractivity contribution >= 4 is 40.9 Å². The lowest BCUT2D eigenvalue weighted by molar-refractivity contribution is -0.117. The minimum absolute atomic E-state index is 0.0918. The van der Waals surface area contributed by atoms with Crippen LogP contribution in [0.4, 0.5) is 11.4 Å². The Balaban J connectivity index is 1.54. The summed E-state index contributed by atoms with van der Waals surface area (Å²) in [6.07, 6.45) is 1.60. The van der Waals surface area contributed by atoms with E-state index in [1.165, 1.54) is 5.01 Å². The van der Waals surface area contributed by atoms with Crippen LogP contribution >= 0.6 is 11.6 Å². The van der Waals surface area contributed by atoms with Gasteiger partial charge in [0.25, 0.3) is 11.8 Å². The number of nitrogens with one attached hydrogen (secondary N) is 1. The van der Waals surface area contributed by atoms with E-state index in [1.54, 1.807) is 30.3 Å². The second-order valence-electron chi connectivity index (χ2n) is 6.31. The Morgan fingerprint density at radius 2 is 1.74 bits per heavy atom. The molecule has 138 valence electrons. The summed E-state index contributed by atoms with van der Waals surface area (Å²) in [7, 11) is 0. The van der Waals surface area contributed by atoms with Crippen LogP contribution in [0.3, 0.4) is 0 Å². The summed E-state index contributed by atoms with van der Waals surface area (Å²) in [5.41, 5.74) is 5.08. The summed E-state index contributed by atoms with van der Waals surface area (Å²) in [6, 6.07) is 14.6. The number of nitrogens with zero attached hydrogens (tertiary/aromatic N) is 2. The van der Waals surface area contributed by atoms with Gasteiger partial charge in [0.2, 0.25) is 0 Å². The van der Waals surface area contributed by atoms with Crippen molar-refractivity contribution in [2.24, 2.45) is 0 Å². The molecule has 2 aromatic rings. The predicted molar refractivity (Wildman–Crippen MR) is 105 cm³/mol. The van der Waals surface area contributed by atoms with Crippen LogP contribution in [-0.2, 0) is 14.3 Å². The highest BCUT2D eigenvalue weighted by atomic mass is 35.5. The van der Waals surface area contributed by atoms with Crippen LogP contribution in [-0.4, -0.2) is 38.1 Å². The molecule has 4 rings (SSSR count). The number of benzene rings is 2. The van der Waals surface area contributed by atoms with Gasteiger partial charge in [-0.25, -0.2) is 5.01 Å². The first-order valence-corrected chi connectivity index (χ1v) is 9.05. The molecule has 0 unspecified atom stereocenters. The van der Waals surface area contributed by atoms with Gasteiger partial charge in [-0.1, -0.05) is 29.8 Å². The van der Waals surface area contributed by atoms with Crippen molar-refractivity contribution in [3.05, 3.63) is 64.7 Å². The van der Waals surface area contributed by atoms with E-state index in [4.69, 9.17) is 16.3 Å². The SMILES string of the molecule is O=C1NN(c2cccc(Cl)c2)C(=O)C1=Cc1ccc(N2CCOCC2)cc1. The predicted octanol–water partition coefficient (Wildman–Crippen LogP) is 2.64. The molecule has 0 spiro atoms. The Kier molecular flexibility index (Phi) is 4.83. The average molecular weight is 384 g/mol. The molecule has 2 aromatic carbocycles. The average Bonchev–Trinajstić information content (AvgIpc) is 2.97. The fourth-order valence-corrected chi connectivity index (χ4v) is 3.31. The maximum Gasteiger partial charge on any atom is 0.282 e. The molecular weight excluding hydrogens is 366 g/mol. The molecule has 0 atom stereocenters. The zero-order valence-electron chi connectivity index (χ0n) is 14.5. The number of carbonyl (C=O) groups excluding carboxylic acids is 2. The third-order valence-corrected chi connectivity index (χ3v) is 4.77. The Morgan fingerprint density at radius 3 is 2.44 bits per heavy atom. The Bertz CT molecular complexity index is 905. The lowest BCUT2D eigenvalue weighted by atomic mass is 10.1. The zero-order valence-corrected chi connectivity index (χ0v) is 15.3. The Labute approximate surface area is 161 Å². The normalized spacial score (nSPS) is 18.9. The second kappa shape index (κ2) is 7.42. The fourth-order valence-electron chi connectivity index (χ4n) is 3.12. The van der Waals surface area contributed by atoms with Gasteiger partial charge in [-0.05, 0) is 42.0 Å². The number of halogens is 1. The maximum atomic E-state index is 12.7. The molecule has 2 saturated heterocycles. The number of hydrogen-bond acceptors (Lipinski definition) is 4. The molecule has 2 aliphatic rings. The van der Waals surface area contributed by atoms with E-state index in [2.05, 4.69) is 10.3 Å². The molecule has 2 heterocycles. The van der Waals surface area contributed by atoms with E-state index in [0.29, 0.717) is 10.7 Å². The van der Waals surface area contributed by atoms with E-state index < -0.39 is 11.8 Å². The lowest BCUT2D eigenvalue weighted by Gasteiger charge is -2.28. The van der Waals surface area contributed by atoms with Crippen molar-refractivity contribution in [1.29, 1.82) is 0 Å². The molecule has 2 aliphatic heterocycles. The van der Waals surface area contributed by atoms with Gasteiger partial charge in [-0.15, -0.1) is 0 Å². The summed E-state index contributed by atoms with van der Waals surface area (Å²) >= 11 is 5.98. The van der Waals surface area contributed by atoms with Gasteiger partial charge in [0.15, 0.2) is 0 Å². The minimum Gasteiger partial charge on any atom is -0.378 e. The van der Waals surface area contributed by atoms with E-state index in [9.17, 15) is 9.59 Å². The number of ether oxygens (including phenoxy) is 1. The summed E-state index contributed by atoms with van der Waals surface area (Å²) < 4.78 is 5.37. The van der Waals surface area contributed by atoms with Crippen LogP contribution in [0.2, 0.25) is 5.02 Å². The van der Waals surface area contributed by atoms with Crippen molar-refractivity contribution in [3.8, 4) is 0 Å². The second-order valence-corrected chi connectivity index (χ2v) is 6.75. The molecule has 6 nitrogen and oxygen atoms in total. The molecule has 0 bridgehead atoms. The highest BCUT2D eigenvalue weighted by molar-refractivity contribution is 6.33. The van der Waals surface area contributed by atoms with Gasteiger partial charge < -0.3 is 9.64 Å². The molecule has 0 aromatic heterocycles. The van der Waals surface area contributed by atoms with Crippen LogP contribution in [0.5, 0.6) is 0 Å². The molecular formula is C20H18ClN3O3. The molecule has 0 saturated carbocycles. The number of rotatable bonds is 3. The van der Waals surface area contributed by atoms with Gasteiger partial charge in [-0.3, -0.25) is 15.0 Å². The number of hydrogen-bond donors (Lipinski definition) is 1. The quantitative estimate of drug-likeness (QED) is 0.653. The van der Waals surface area contributed by atoms with E-state index in [1.807, 2.05) is 24.3 Å². The maximum absolute atomic E-state index is 12.7. The minimum atomic E-state index is -0.433. The highest BCUT2D eigenvalue weighted by Gasteiger charge is 2.34. The first-order chi connectivity index (χ1) is 13.1. The molecule has 1 N–H and O–H groups in total. The molecule has 2 amide bonds. The third kappa shape index (κ3) is 3.67. The molecule has 7 heteroatoms. The van der Waals surface area contributed by atoms with Gasteiger partial charge >= 0.3 is 0 Å². The first-order valence-electron chi connectivity index (χ1n) is 8.67. The largest absolute Gasteiger partial charge is 0.378 e. The van der Waals surface area contributed by atoms with Crippen molar-refractivity contribution in [2.75, 3.05) is 36.2 Å². The number of anilines is 2. The lowest BCUT2D eigenvalue weighted by Crippen LogP contribution is -2.36. The number of hydrazine groups is 1. The summed E-state index contributed by atoms with van der Waals surface area (Å²) in [5.74, 6) is -0.836. The third-order valence-electron chi connectivity index (χ3n) is 4.54. The number of amides is 2. The van der Waals surface area contributed by atoms with Gasteiger partial charge in [0, 0.05) is 23.8 Å². The summed E-state index contributed by atoms with van der Waals surface area (Å²) in [5, 5.41) is 1.70. The van der Waals surface area contributed by atoms with Crippen LogP contribution in [0.1, 0.15) is 5.56 Å². The van der Waals surface area contributed by atoms with Gasteiger partial charge in [0.1, 0.15) is 5.57 Å². The standard InChI is InChI=1S/C20H18ClN3O3/c21-15-2-1-3-17(13-15)24-20(26)18(19(25)22-24)12-14-4-6-16(7-5-14)23-8-10-27-11-9-23/h1-7,12-13H,8-11H2,(H,22,25).